The van der Waals surface area contributed by atoms with Gasteiger partial charge in [0.2, 0.25) is 0 Å². The van der Waals surface area contributed by atoms with Crippen LogP contribution >= 0.6 is 15.9 Å². The number of nitrogens with zero attached hydrogens (tertiary/aromatic N) is 1. The molecular weight excluding hydrogens is 496 g/mol. The first-order valence-electron chi connectivity index (χ1n) is 10.8. The minimum atomic E-state index is -2.22. The Morgan fingerprint density at radius 3 is 1.87 bits per heavy atom. The van der Waals surface area contributed by atoms with E-state index in [0.717, 1.165) is 0 Å². The fourth-order valence-corrected chi connectivity index (χ4v) is 5.96. The molecule has 10 heteroatoms. The smallest absolute Gasteiger partial charge is 0.330 e. The standard InChI is InChI=1S/C21H39BrN2O5Si2/c1-13-15(28-30(8,9)20(2,3)4)16(29-31(10,11)21(5,6)7)18(27-13)24-12-14(22)17(25)23-19(24)26/h12-13,15-16,18H,1-11H3,(H,23,25,26)/t13-,15-,16-,18-/m1/s1. The van der Waals surface area contributed by atoms with E-state index in [1.165, 1.54) is 10.8 Å². The van der Waals surface area contributed by atoms with Crippen LogP contribution in [0.1, 0.15) is 54.7 Å². The molecule has 1 aliphatic heterocycles. The highest BCUT2D eigenvalue weighted by atomic mass is 79.9. The second kappa shape index (κ2) is 8.68. The molecule has 1 fully saturated rings. The van der Waals surface area contributed by atoms with Crippen LogP contribution in [-0.2, 0) is 13.6 Å². The summed E-state index contributed by atoms with van der Waals surface area (Å²) in [5, 5.41) is -0.00831. The Kier molecular flexibility index (Phi) is 7.48. The molecule has 4 atom stereocenters. The minimum Gasteiger partial charge on any atom is -0.409 e. The van der Waals surface area contributed by atoms with Gasteiger partial charge in [-0.1, -0.05) is 41.5 Å². The van der Waals surface area contributed by atoms with Gasteiger partial charge in [-0.05, 0) is 59.1 Å². The zero-order valence-corrected chi connectivity index (χ0v) is 24.3. The van der Waals surface area contributed by atoms with Crippen molar-refractivity contribution in [3.05, 3.63) is 31.5 Å². The SMILES string of the molecule is C[C@H]1O[C@@H](n2cc(Br)c(=O)[nH]c2=O)[C@H](O[Si](C)(C)C(C)(C)C)[C@@H]1O[Si](C)(C)C(C)(C)C. The summed E-state index contributed by atoms with van der Waals surface area (Å²) < 4.78 is 21.6. The molecule has 1 saturated heterocycles. The average molecular weight is 536 g/mol. The number of halogens is 1. The van der Waals surface area contributed by atoms with Crippen molar-refractivity contribution in [2.45, 2.75) is 109 Å². The van der Waals surface area contributed by atoms with Crippen molar-refractivity contribution in [3.63, 3.8) is 0 Å². The lowest BCUT2D eigenvalue weighted by Gasteiger charge is -2.44. The van der Waals surface area contributed by atoms with Crippen LogP contribution in [0.25, 0.3) is 0 Å². The second-order valence-electron chi connectivity index (χ2n) is 11.6. The Bertz CT molecular complexity index is 914. The number of ether oxygens (including phenoxy) is 1. The maximum Gasteiger partial charge on any atom is 0.330 e. The summed E-state index contributed by atoms with van der Waals surface area (Å²) in [4.78, 5) is 26.9. The van der Waals surface area contributed by atoms with Crippen molar-refractivity contribution < 1.29 is 13.6 Å². The van der Waals surface area contributed by atoms with Crippen molar-refractivity contribution in [1.29, 1.82) is 0 Å². The highest BCUT2D eigenvalue weighted by Crippen LogP contribution is 2.45. The number of aromatic amines is 1. The molecule has 0 aromatic carbocycles. The second-order valence-corrected chi connectivity index (χ2v) is 21.9. The van der Waals surface area contributed by atoms with E-state index < -0.39 is 40.2 Å². The molecular formula is C21H39BrN2O5Si2. The van der Waals surface area contributed by atoms with E-state index in [4.69, 9.17) is 13.6 Å². The number of hydrogen-bond acceptors (Lipinski definition) is 5. The summed E-state index contributed by atoms with van der Waals surface area (Å²) in [6.45, 7) is 23.9. The molecule has 1 aromatic heterocycles. The van der Waals surface area contributed by atoms with Gasteiger partial charge in [-0.25, -0.2) is 4.79 Å². The summed E-state index contributed by atoms with van der Waals surface area (Å²) in [6, 6.07) is 0. The summed E-state index contributed by atoms with van der Waals surface area (Å²) in [5.41, 5.74) is -0.995. The molecule has 0 amide bonds. The number of hydrogen-bond donors (Lipinski definition) is 1. The monoisotopic (exact) mass is 534 g/mol. The number of rotatable bonds is 5. The molecule has 0 bridgehead atoms. The maximum absolute atomic E-state index is 12.7. The lowest BCUT2D eigenvalue weighted by molar-refractivity contribution is -0.0312. The molecule has 7 nitrogen and oxygen atoms in total. The molecule has 1 aromatic rings. The maximum atomic E-state index is 12.7. The summed E-state index contributed by atoms with van der Waals surface area (Å²) in [7, 11) is -4.36. The highest BCUT2D eigenvalue weighted by Gasteiger charge is 2.53. The van der Waals surface area contributed by atoms with Crippen LogP contribution in [0.2, 0.25) is 36.3 Å². The van der Waals surface area contributed by atoms with E-state index in [1.807, 2.05) is 6.92 Å². The third kappa shape index (κ3) is 5.52. The lowest BCUT2D eigenvalue weighted by Crippen LogP contribution is -2.53. The first-order chi connectivity index (χ1) is 13.8. The van der Waals surface area contributed by atoms with Crippen LogP contribution in [0, 0.1) is 0 Å². The Morgan fingerprint density at radius 2 is 1.42 bits per heavy atom. The third-order valence-corrected chi connectivity index (χ3v) is 16.6. The molecule has 0 spiro atoms. The summed E-state index contributed by atoms with van der Waals surface area (Å²) in [5.74, 6) is 0. The van der Waals surface area contributed by atoms with E-state index in [-0.39, 0.29) is 26.8 Å². The van der Waals surface area contributed by atoms with Gasteiger partial charge in [0.25, 0.3) is 5.56 Å². The van der Waals surface area contributed by atoms with Crippen LogP contribution in [0.5, 0.6) is 0 Å². The predicted octanol–water partition coefficient (Wildman–Crippen LogP) is 5.00. The molecule has 2 heterocycles. The Balaban J connectivity index is 2.57. The molecule has 0 aliphatic carbocycles. The van der Waals surface area contributed by atoms with Crippen molar-refractivity contribution in [2.75, 3.05) is 0 Å². The van der Waals surface area contributed by atoms with Gasteiger partial charge in [0.15, 0.2) is 22.9 Å². The van der Waals surface area contributed by atoms with Crippen molar-refractivity contribution in [1.82, 2.24) is 9.55 Å². The first kappa shape index (κ1) is 26.7. The van der Waals surface area contributed by atoms with Gasteiger partial charge >= 0.3 is 5.69 Å². The zero-order valence-electron chi connectivity index (χ0n) is 20.8. The normalized spacial score (nSPS) is 25.8. The van der Waals surface area contributed by atoms with Crippen LogP contribution in [-0.4, -0.2) is 44.5 Å². The van der Waals surface area contributed by atoms with E-state index >= 15 is 0 Å². The van der Waals surface area contributed by atoms with Crippen LogP contribution in [0.4, 0.5) is 0 Å². The van der Waals surface area contributed by atoms with Crippen LogP contribution < -0.4 is 11.2 Å². The largest absolute Gasteiger partial charge is 0.409 e. The minimum absolute atomic E-state index is 0.0180. The quantitative estimate of drug-likeness (QED) is 0.537. The van der Waals surface area contributed by atoms with E-state index in [0.29, 0.717) is 0 Å². The van der Waals surface area contributed by atoms with Gasteiger partial charge in [-0.2, -0.15) is 0 Å². The summed E-state index contributed by atoms with van der Waals surface area (Å²) in [6.07, 6.45) is -0.279. The fraction of sp³-hybridized carbons (Fsp3) is 0.810. The van der Waals surface area contributed by atoms with Gasteiger partial charge in [0.05, 0.1) is 10.6 Å². The third-order valence-electron chi connectivity index (χ3n) is 7.09. The molecule has 178 valence electrons. The van der Waals surface area contributed by atoms with Gasteiger partial charge in [0.1, 0.15) is 12.2 Å². The van der Waals surface area contributed by atoms with Crippen molar-refractivity contribution >= 4 is 32.6 Å². The predicted molar refractivity (Wildman–Crippen MR) is 133 cm³/mol. The Morgan fingerprint density at radius 1 is 0.968 bits per heavy atom. The van der Waals surface area contributed by atoms with Gasteiger partial charge in [-0.15, -0.1) is 0 Å². The first-order valence-corrected chi connectivity index (χ1v) is 17.4. The van der Waals surface area contributed by atoms with E-state index in [1.54, 1.807) is 0 Å². The van der Waals surface area contributed by atoms with Crippen LogP contribution in [0.15, 0.2) is 20.3 Å². The van der Waals surface area contributed by atoms with E-state index in [2.05, 4.69) is 88.6 Å². The lowest BCUT2D eigenvalue weighted by atomic mass is 10.1. The molecule has 2 rings (SSSR count). The zero-order chi connectivity index (χ0) is 24.2. The highest BCUT2D eigenvalue weighted by molar-refractivity contribution is 9.10. The molecule has 0 saturated carbocycles. The molecule has 31 heavy (non-hydrogen) atoms. The Hall–Kier alpha value is -0.526. The van der Waals surface area contributed by atoms with Gasteiger partial charge in [0, 0.05) is 6.20 Å². The number of nitrogens with one attached hydrogen (secondary N) is 1. The molecule has 0 radical (unpaired) electrons. The molecule has 0 unspecified atom stereocenters. The Labute approximate surface area is 196 Å². The van der Waals surface area contributed by atoms with E-state index in [9.17, 15) is 9.59 Å². The fourth-order valence-electron chi connectivity index (χ4n) is 3.00. The van der Waals surface area contributed by atoms with Gasteiger partial charge < -0.3 is 13.6 Å². The number of aromatic nitrogens is 2. The van der Waals surface area contributed by atoms with Crippen LogP contribution in [0.3, 0.4) is 0 Å². The van der Waals surface area contributed by atoms with Crippen molar-refractivity contribution in [2.24, 2.45) is 0 Å². The topological polar surface area (TPSA) is 82.6 Å². The van der Waals surface area contributed by atoms with Crippen molar-refractivity contribution in [3.8, 4) is 0 Å². The number of H-pyrrole nitrogens is 1. The van der Waals surface area contributed by atoms with Gasteiger partial charge in [-0.3, -0.25) is 14.3 Å². The average Bonchev–Trinajstić information content (AvgIpc) is 2.84. The summed E-state index contributed by atoms with van der Waals surface area (Å²) >= 11 is 3.23. The molecule has 1 N–H and O–H groups in total. The molecule has 1 aliphatic rings.